The van der Waals surface area contributed by atoms with Gasteiger partial charge in [-0.25, -0.2) is 14.1 Å². The predicted octanol–water partition coefficient (Wildman–Crippen LogP) is 1.73. The summed E-state index contributed by atoms with van der Waals surface area (Å²) in [5.41, 5.74) is 0.581. The molecule has 0 saturated carbocycles. The van der Waals surface area contributed by atoms with Gasteiger partial charge in [-0.1, -0.05) is 0 Å². The number of aromatic nitrogens is 3. The van der Waals surface area contributed by atoms with Crippen molar-refractivity contribution in [3.8, 4) is 5.82 Å². The normalized spacial score (nSPS) is 10.7. The summed E-state index contributed by atoms with van der Waals surface area (Å²) >= 11 is 2.12. The molecule has 0 spiro atoms. The lowest BCUT2D eigenvalue weighted by atomic mass is 10.2. The van der Waals surface area contributed by atoms with Crippen LogP contribution < -0.4 is 5.32 Å². The fraction of sp³-hybridized carbons (Fsp3) is 0.200. The quantitative estimate of drug-likeness (QED) is 0.871. The van der Waals surface area contributed by atoms with Gasteiger partial charge in [0.2, 0.25) is 0 Å². The molecule has 16 heavy (non-hydrogen) atoms. The van der Waals surface area contributed by atoms with E-state index >= 15 is 0 Å². The van der Waals surface area contributed by atoms with Gasteiger partial charge in [0.15, 0.2) is 11.6 Å². The molecular weight excluding hydrogens is 322 g/mol. The van der Waals surface area contributed by atoms with Crippen molar-refractivity contribution in [3.63, 3.8) is 0 Å². The van der Waals surface area contributed by atoms with Crippen molar-refractivity contribution >= 4 is 22.6 Å². The van der Waals surface area contributed by atoms with Gasteiger partial charge in [0.05, 0.1) is 9.77 Å². The highest BCUT2D eigenvalue weighted by Gasteiger charge is 2.11. The Morgan fingerprint density at radius 3 is 3.00 bits per heavy atom. The number of halogens is 2. The smallest absolute Gasteiger partial charge is 0.190 e. The number of rotatable bonds is 3. The Hall–Kier alpha value is -1.02. The van der Waals surface area contributed by atoms with Crippen LogP contribution in [0.15, 0.2) is 24.7 Å². The van der Waals surface area contributed by atoms with Crippen LogP contribution in [0.3, 0.4) is 0 Å². The third-order valence-corrected chi connectivity index (χ3v) is 2.64. The van der Waals surface area contributed by atoms with Crippen LogP contribution in [0.4, 0.5) is 4.39 Å². The van der Waals surface area contributed by atoms with Crippen molar-refractivity contribution in [3.05, 3.63) is 39.6 Å². The monoisotopic (exact) mass is 332 g/mol. The summed E-state index contributed by atoms with van der Waals surface area (Å²) < 4.78 is 16.4. The van der Waals surface area contributed by atoms with Gasteiger partial charge >= 0.3 is 0 Å². The Labute approximate surface area is 106 Å². The van der Waals surface area contributed by atoms with Gasteiger partial charge < -0.3 is 5.32 Å². The van der Waals surface area contributed by atoms with Crippen LogP contribution in [0.5, 0.6) is 0 Å². The van der Waals surface area contributed by atoms with Gasteiger partial charge in [-0.15, -0.1) is 0 Å². The zero-order valence-electron chi connectivity index (χ0n) is 8.61. The van der Waals surface area contributed by atoms with E-state index < -0.39 is 0 Å². The van der Waals surface area contributed by atoms with Crippen molar-refractivity contribution in [2.45, 2.75) is 6.54 Å². The first kappa shape index (κ1) is 11.5. The van der Waals surface area contributed by atoms with Crippen LogP contribution in [-0.2, 0) is 6.54 Å². The van der Waals surface area contributed by atoms with Gasteiger partial charge in [0, 0.05) is 24.5 Å². The molecule has 0 aliphatic heterocycles. The van der Waals surface area contributed by atoms with E-state index in [0.29, 0.717) is 12.1 Å². The molecule has 0 unspecified atom stereocenters. The predicted molar refractivity (Wildman–Crippen MR) is 66.8 cm³/mol. The van der Waals surface area contributed by atoms with E-state index in [1.807, 2.05) is 0 Å². The lowest BCUT2D eigenvalue weighted by molar-refractivity contribution is 0.577. The number of hydrogen-bond donors (Lipinski definition) is 1. The maximum Gasteiger partial charge on any atom is 0.190 e. The number of nitrogens with zero attached hydrogens (tertiary/aromatic N) is 3. The van der Waals surface area contributed by atoms with Gasteiger partial charge in [-0.05, 0) is 35.7 Å². The van der Waals surface area contributed by atoms with Crippen molar-refractivity contribution in [2.75, 3.05) is 7.05 Å². The third kappa shape index (κ3) is 2.22. The maximum absolute atomic E-state index is 14.0. The molecule has 2 aromatic rings. The summed E-state index contributed by atoms with van der Waals surface area (Å²) in [6, 6.07) is 1.66. The van der Waals surface area contributed by atoms with Gasteiger partial charge in [-0.2, -0.15) is 5.10 Å². The van der Waals surface area contributed by atoms with E-state index in [1.165, 1.54) is 4.68 Å². The van der Waals surface area contributed by atoms with Gasteiger partial charge in [-0.3, -0.25) is 0 Å². The fourth-order valence-corrected chi connectivity index (χ4v) is 1.76. The summed E-state index contributed by atoms with van der Waals surface area (Å²) in [7, 11) is 1.77. The molecule has 0 fully saturated rings. The van der Waals surface area contributed by atoms with E-state index in [9.17, 15) is 4.39 Å². The summed E-state index contributed by atoms with van der Waals surface area (Å²) in [5.74, 6) is -0.105. The Bertz CT molecular complexity index is 497. The second-order valence-electron chi connectivity index (χ2n) is 3.24. The largest absolute Gasteiger partial charge is 0.316 e. The van der Waals surface area contributed by atoms with E-state index in [1.54, 1.807) is 31.7 Å². The molecule has 2 rings (SSSR count). The Morgan fingerprint density at radius 1 is 1.56 bits per heavy atom. The first-order valence-corrected chi connectivity index (χ1v) is 5.78. The Morgan fingerprint density at radius 2 is 2.38 bits per heavy atom. The molecule has 4 nitrogen and oxygen atoms in total. The van der Waals surface area contributed by atoms with Crippen LogP contribution >= 0.6 is 22.6 Å². The SMILES string of the molecule is CNCc1ccnc(-n2cc(I)cn2)c1F. The standard InChI is InChI=1S/C10H10FIN4/c1-13-4-7-2-3-14-10(9(7)11)16-6-8(12)5-15-16/h2-3,5-6,13H,4H2,1H3. The van der Waals surface area contributed by atoms with E-state index in [4.69, 9.17) is 0 Å². The minimum Gasteiger partial charge on any atom is -0.316 e. The molecule has 0 aliphatic carbocycles. The molecule has 0 amide bonds. The molecule has 0 saturated heterocycles. The minimum atomic E-state index is -0.337. The van der Waals surface area contributed by atoms with Crippen molar-refractivity contribution in [1.29, 1.82) is 0 Å². The molecular formula is C10H10FIN4. The molecule has 1 N–H and O–H groups in total. The second kappa shape index (κ2) is 4.88. The van der Waals surface area contributed by atoms with Crippen molar-refractivity contribution < 1.29 is 4.39 Å². The van der Waals surface area contributed by atoms with Crippen LogP contribution in [0, 0.1) is 9.39 Å². The average Bonchev–Trinajstić information content (AvgIpc) is 2.68. The van der Waals surface area contributed by atoms with Gasteiger partial charge in [0.25, 0.3) is 0 Å². The molecule has 0 radical (unpaired) electrons. The van der Waals surface area contributed by atoms with Crippen LogP contribution in [-0.4, -0.2) is 21.8 Å². The van der Waals surface area contributed by atoms with Crippen LogP contribution in [0.25, 0.3) is 5.82 Å². The molecule has 0 aliphatic rings. The van der Waals surface area contributed by atoms with E-state index in [-0.39, 0.29) is 11.6 Å². The molecule has 0 bridgehead atoms. The summed E-state index contributed by atoms with van der Waals surface area (Å²) in [6.45, 7) is 0.472. The summed E-state index contributed by atoms with van der Waals surface area (Å²) in [4.78, 5) is 4.00. The maximum atomic E-state index is 14.0. The zero-order valence-corrected chi connectivity index (χ0v) is 10.8. The first-order valence-electron chi connectivity index (χ1n) is 4.71. The summed E-state index contributed by atoms with van der Waals surface area (Å²) in [5, 5.41) is 6.94. The Balaban J connectivity index is 2.45. The average molecular weight is 332 g/mol. The molecule has 6 heteroatoms. The third-order valence-electron chi connectivity index (χ3n) is 2.09. The second-order valence-corrected chi connectivity index (χ2v) is 4.49. The lowest BCUT2D eigenvalue weighted by Crippen LogP contribution is -2.10. The number of hydrogen-bond acceptors (Lipinski definition) is 3. The zero-order chi connectivity index (χ0) is 11.5. The lowest BCUT2D eigenvalue weighted by Gasteiger charge is -2.06. The van der Waals surface area contributed by atoms with Crippen molar-refractivity contribution in [2.24, 2.45) is 0 Å². The number of pyridine rings is 1. The molecule has 0 atom stereocenters. The van der Waals surface area contributed by atoms with E-state index in [0.717, 1.165) is 3.57 Å². The van der Waals surface area contributed by atoms with Crippen LogP contribution in [0.2, 0.25) is 0 Å². The highest BCUT2D eigenvalue weighted by Crippen LogP contribution is 2.15. The first-order chi connectivity index (χ1) is 7.72. The highest BCUT2D eigenvalue weighted by molar-refractivity contribution is 14.1. The number of nitrogens with one attached hydrogen (secondary N) is 1. The van der Waals surface area contributed by atoms with Crippen molar-refractivity contribution in [1.82, 2.24) is 20.1 Å². The van der Waals surface area contributed by atoms with Crippen LogP contribution in [0.1, 0.15) is 5.56 Å². The van der Waals surface area contributed by atoms with E-state index in [2.05, 4.69) is 38.0 Å². The molecule has 2 aromatic heterocycles. The molecule has 84 valence electrons. The topological polar surface area (TPSA) is 42.7 Å². The summed E-state index contributed by atoms with van der Waals surface area (Å²) in [6.07, 6.45) is 4.97. The molecule has 0 aromatic carbocycles. The highest BCUT2D eigenvalue weighted by atomic mass is 127. The van der Waals surface area contributed by atoms with Gasteiger partial charge in [0.1, 0.15) is 0 Å². The Kier molecular flexibility index (Phi) is 3.49. The molecule has 2 heterocycles. The fourth-order valence-electron chi connectivity index (χ4n) is 1.37. The minimum absolute atomic E-state index is 0.232.